The van der Waals surface area contributed by atoms with E-state index in [9.17, 15) is 4.79 Å². The van der Waals surface area contributed by atoms with Gasteiger partial charge in [-0.2, -0.15) is 0 Å². The molecule has 0 saturated carbocycles. The number of ether oxygens (including phenoxy) is 2. The predicted octanol–water partition coefficient (Wildman–Crippen LogP) is 2.23. The summed E-state index contributed by atoms with van der Waals surface area (Å²) in [5, 5.41) is 0. The SMILES string of the molecule is CC(=O)OC/C(C)=C/C1C=C(C)CCO1. The summed E-state index contributed by atoms with van der Waals surface area (Å²) >= 11 is 0. The molecule has 0 bridgehead atoms. The predicted molar refractivity (Wildman–Crippen MR) is 58.5 cm³/mol. The second-order valence-corrected chi connectivity index (χ2v) is 3.89. The zero-order valence-corrected chi connectivity index (χ0v) is 9.58. The highest BCUT2D eigenvalue weighted by atomic mass is 16.5. The van der Waals surface area contributed by atoms with Gasteiger partial charge in [0.15, 0.2) is 0 Å². The van der Waals surface area contributed by atoms with Gasteiger partial charge in [-0.05, 0) is 31.9 Å². The van der Waals surface area contributed by atoms with Gasteiger partial charge in [-0.3, -0.25) is 4.79 Å². The van der Waals surface area contributed by atoms with Crippen molar-refractivity contribution in [2.24, 2.45) is 0 Å². The maximum Gasteiger partial charge on any atom is 0.302 e. The van der Waals surface area contributed by atoms with Gasteiger partial charge in [-0.25, -0.2) is 0 Å². The zero-order valence-electron chi connectivity index (χ0n) is 9.58. The Labute approximate surface area is 90.8 Å². The quantitative estimate of drug-likeness (QED) is 0.529. The molecule has 0 amide bonds. The largest absolute Gasteiger partial charge is 0.461 e. The smallest absolute Gasteiger partial charge is 0.302 e. The van der Waals surface area contributed by atoms with Crippen molar-refractivity contribution in [2.75, 3.05) is 13.2 Å². The van der Waals surface area contributed by atoms with Crippen LogP contribution in [0.1, 0.15) is 27.2 Å². The zero-order chi connectivity index (χ0) is 11.3. The summed E-state index contributed by atoms with van der Waals surface area (Å²) in [4.78, 5) is 10.6. The van der Waals surface area contributed by atoms with E-state index in [2.05, 4.69) is 13.0 Å². The molecule has 0 aromatic heterocycles. The molecular formula is C12H18O3. The van der Waals surface area contributed by atoms with Crippen molar-refractivity contribution in [1.82, 2.24) is 0 Å². The summed E-state index contributed by atoms with van der Waals surface area (Å²) in [6.07, 6.45) is 5.13. The maximum absolute atomic E-state index is 10.6. The van der Waals surface area contributed by atoms with Gasteiger partial charge in [0, 0.05) is 6.92 Å². The van der Waals surface area contributed by atoms with Gasteiger partial charge in [-0.1, -0.05) is 11.6 Å². The maximum atomic E-state index is 10.6. The lowest BCUT2D eigenvalue weighted by Crippen LogP contribution is -2.15. The molecular weight excluding hydrogens is 192 g/mol. The molecule has 0 saturated heterocycles. The fourth-order valence-electron chi connectivity index (χ4n) is 1.41. The van der Waals surface area contributed by atoms with E-state index < -0.39 is 0 Å². The molecule has 1 aliphatic rings. The van der Waals surface area contributed by atoms with Crippen molar-refractivity contribution in [1.29, 1.82) is 0 Å². The van der Waals surface area contributed by atoms with Crippen LogP contribution >= 0.6 is 0 Å². The number of hydrogen-bond donors (Lipinski definition) is 0. The number of esters is 1. The van der Waals surface area contributed by atoms with E-state index in [0.717, 1.165) is 18.6 Å². The molecule has 84 valence electrons. The Morgan fingerprint density at radius 1 is 1.67 bits per heavy atom. The van der Waals surface area contributed by atoms with Crippen LogP contribution in [0.3, 0.4) is 0 Å². The normalized spacial score (nSPS) is 22.2. The monoisotopic (exact) mass is 210 g/mol. The molecule has 15 heavy (non-hydrogen) atoms. The Balaban J connectivity index is 2.47. The van der Waals surface area contributed by atoms with E-state index in [1.54, 1.807) is 0 Å². The molecule has 0 radical (unpaired) electrons. The minimum Gasteiger partial charge on any atom is -0.461 e. The minimum atomic E-state index is -0.251. The average Bonchev–Trinajstić information content (AvgIpc) is 2.15. The molecule has 0 aliphatic carbocycles. The van der Waals surface area contributed by atoms with Crippen molar-refractivity contribution >= 4 is 5.97 Å². The fraction of sp³-hybridized carbons (Fsp3) is 0.583. The second kappa shape index (κ2) is 5.71. The standard InChI is InChI=1S/C12H18O3/c1-9-4-5-14-12(6-9)7-10(2)8-15-11(3)13/h6-7,12H,4-5,8H2,1-3H3/b10-7+. The molecule has 0 N–H and O–H groups in total. The minimum absolute atomic E-state index is 0.0364. The summed E-state index contributed by atoms with van der Waals surface area (Å²) in [5.74, 6) is -0.251. The Morgan fingerprint density at radius 2 is 2.40 bits per heavy atom. The topological polar surface area (TPSA) is 35.5 Å². The lowest BCUT2D eigenvalue weighted by molar-refractivity contribution is -0.139. The molecule has 1 aliphatic heterocycles. The van der Waals surface area contributed by atoms with Crippen LogP contribution in [0.2, 0.25) is 0 Å². The van der Waals surface area contributed by atoms with Gasteiger partial charge in [-0.15, -0.1) is 0 Å². The molecule has 0 fully saturated rings. The highest BCUT2D eigenvalue weighted by Crippen LogP contribution is 2.14. The van der Waals surface area contributed by atoms with Gasteiger partial charge >= 0.3 is 5.97 Å². The van der Waals surface area contributed by atoms with Crippen LogP contribution in [0.4, 0.5) is 0 Å². The summed E-state index contributed by atoms with van der Waals surface area (Å²) in [7, 11) is 0. The van der Waals surface area contributed by atoms with Crippen LogP contribution < -0.4 is 0 Å². The molecule has 0 aromatic carbocycles. The number of hydrogen-bond acceptors (Lipinski definition) is 3. The van der Waals surface area contributed by atoms with Gasteiger partial charge in [0.05, 0.1) is 12.7 Å². The highest BCUT2D eigenvalue weighted by Gasteiger charge is 2.09. The Morgan fingerprint density at radius 3 is 3.00 bits per heavy atom. The summed E-state index contributed by atoms with van der Waals surface area (Å²) < 4.78 is 10.4. The van der Waals surface area contributed by atoms with E-state index in [-0.39, 0.29) is 12.1 Å². The molecule has 1 unspecified atom stereocenters. The van der Waals surface area contributed by atoms with Crippen LogP contribution in [0.5, 0.6) is 0 Å². The highest BCUT2D eigenvalue weighted by molar-refractivity contribution is 5.66. The van der Waals surface area contributed by atoms with Crippen LogP contribution in [0, 0.1) is 0 Å². The molecule has 1 atom stereocenters. The Kier molecular flexibility index (Phi) is 4.56. The summed E-state index contributed by atoms with van der Waals surface area (Å²) in [6.45, 7) is 6.57. The van der Waals surface area contributed by atoms with E-state index in [1.807, 2.05) is 13.0 Å². The molecule has 1 heterocycles. The van der Waals surface area contributed by atoms with Crippen molar-refractivity contribution in [3.8, 4) is 0 Å². The van der Waals surface area contributed by atoms with E-state index >= 15 is 0 Å². The lowest BCUT2D eigenvalue weighted by Gasteiger charge is -2.18. The Bertz CT molecular complexity index is 289. The third-order valence-electron chi connectivity index (χ3n) is 2.21. The molecule has 0 aromatic rings. The van der Waals surface area contributed by atoms with Gasteiger partial charge in [0.25, 0.3) is 0 Å². The van der Waals surface area contributed by atoms with E-state index in [0.29, 0.717) is 6.61 Å². The van der Waals surface area contributed by atoms with Crippen LogP contribution in [0.25, 0.3) is 0 Å². The van der Waals surface area contributed by atoms with Gasteiger partial charge < -0.3 is 9.47 Å². The van der Waals surface area contributed by atoms with Crippen LogP contribution in [0.15, 0.2) is 23.3 Å². The first-order valence-electron chi connectivity index (χ1n) is 5.17. The molecule has 1 rings (SSSR count). The molecule has 0 spiro atoms. The summed E-state index contributed by atoms with van der Waals surface area (Å²) in [6, 6.07) is 0. The number of carbonyl (C=O) groups excluding carboxylic acids is 1. The second-order valence-electron chi connectivity index (χ2n) is 3.89. The summed E-state index contributed by atoms with van der Waals surface area (Å²) in [5.41, 5.74) is 2.36. The number of carbonyl (C=O) groups is 1. The van der Waals surface area contributed by atoms with Crippen LogP contribution in [-0.2, 0) is 14.3 Å². The van der Waals surface area contributed by atoms with Crippen LogP contribution in [-0.4, -0.2) is 25.3 Å². The van der Waals surface area contributed by atoms with E-state index in [1.165, 1.54) is 12.5 Å². The first-order chi connectivity index (χ1) is 7.08. The third-order valence-corrected chi connectivity index (χ3v) is 2.21. The number of rotatable bonds is 3. The molecule has 3 heteroatoms. The first kappa shape index (κ1) is 12.0. The fourth-order valence-corrected chi connectivity index (χ4v) is 1.41. The Hall–Kier alpha value is -1.09. The van der Waals surface area contributed by atoms with Gasteiger partial charge in [0.1, 0.15) is 6.61 Å². The van der Waals surface area contributed by atoms with Crippen molar-refractivity contribution in [3.63, 3.8) is 0 Å². The van der Waals surface area contributed by atoms with E-state index in [4.69, 9.17) is 9.47 Å². The lowest BCUT2D eigenvalue weighted by atomic mass is 10.1. The third kappa shape index (κ3) is 4.79. The van der Waals surface area contributed by atoms with Gasteiger partial charge in [0.2, 0.25) is 0 Å². The first-order valence-corrected chi connectivity index (χ1v) is 5.17. The van der Waals surface area contributed by atoms with Crippen molar-refractivity contribution in [3.05, 3.63) is 23.3 Å². The van der Waals surface area contributed by atoms with Crippen molar-refractivity contribution in [2.45, 2.75) is 33.3 Å². The van der Waals surface area contributed by atoms with Crippen molar-refractivity contribution < 1.29 is 14.3 Å². The average molecular weight is 210 g/mol. The molecule has 3 nitrogen and oxygen atoms in total.